The normalized spacial score (nSPS) is 20.8. The Bertz CT molecular complexity index is 705. The fourth-order valence-corrected chi connectivity index (χ4v) is 3.02. The lowest BCUT2D eigenvalue weighted by molar-refractivity contribution is -0.0332. The molecule has 1 atom stereocenters. The molecule has 26 heavy (non-hydrogen) atoms. The quantitative estimate of drug-likeness (QED) is 0.814. The summed E-state index contributed by atoms with van der Waals surface area (Å²) in [5, 5.41) is 4.37. The summed E-state index contributed by atoms with van der Waals surface area (Å²) in [4.78, 5) is 26.5. The molecule has 2 aliphatic rings. The first-order valence-electron chi connectivity index (χ1n) is 8.76. The Kier molecular flexibility index (Phi) is 4.83. The number of carbonyl (C=O) groups is 2. The third-order valence-corrected chi connectivity index (χ3v) is 4.35. The zero-order valence-electron chi connectivity index (χ0n) is 15.7. The molecule has 144 valence electrons. The van der Waals surface area contributed by atoms with Crippen LogP contribution in [0.3, 0.4) is 0 Å². The highest BCUT2D eigenvalue weighted by Crippen LogP contribution is 2.41. The van der Waals surface area contributed by atoms with Gasteiger partial charge in [0.25, 0.3) is 0 Å². The van der Waals surface area contributed by atoms with Crippen molar-refractivity contribution in [1.29, 1.82) is 0 Å². The van der Waals surface area contributed by atoms with Crippen LogP contribution in [0.4, 0.5) is 10.6 Å². The van der Waals surface area contributed by atoms with Gasteiger partial charge in [0.05, 0.1) is 38.0 Å². The number of aromatic nitrogens is 2. The molecule has 9 nitrogen and oxygen atoms in total. The molecule has 1 saturated carbocycles. The second-order valence-electron chi connectivity index (χ2n) is 7.58. The van der Waals surface area contributed by atoms with Gasteiger partial charge in [0.1, 0.15) is 11.4 Å². The first kappa shape index (κ1) is 18.5. The van der Waals surface area contributed by atoms with Crippen molar-refractivity contribution in [3.8, 4) is 0 Å². The van der Waals surface area contributed by atoms with Crippen molar-refractivity contribution in [3.63, 3.8) is 0 Å². The van der Waals surface area contributed by atoms with Gasteiger partial charge in [-0.05, 0) is 33.6 Å². The Morgan fingerprint density at radius 2 is 2.00 bits per heavy atom. The van der Waals surface area contributed by atoms with Crippen LogP contribution in [0, 0.1) is 0 Å². The van der Waals surface area contributed by atoms with Crippen LogP contribution in [-0.4, -0.2) is 59.2 Å². The van der Waals surface area contributed by atoms with Gasteiger partial charge in [0, 0.05) is 6.54 Å². The highest BCUT2D eigenvalue weighted by Gasteiger charge is 2.40. The van der Waals surface area contributed by atoms with Crippen LogP contribution in [0.15, 0.2) is 0 Å². The molecule has 0 bridgehead atoms. The number of methoxy groups -OCH3 is 1. The van der Waals surface area contributed by atoms with Crippen LogP contribution in [0.5, 0.6) is 0 Å². The van der Waals surface area contributed by atoms with E-state index in [0.717, 1.165) is 12.8 Å². The Balaban J connectivity index is 1.99. The van der Waals surface area contributed by atoms with E-state index in [1.54, 1.807) is 30.4 Å². The predicted molar refractivity (Wildman–Crippen MR) is 92.7 cm³/mol. The van der Waals surface area contributed by atoms with Crippen LogP contribution in [-0.2, 0) is 14.2 Å². The summed E-state index contributed by atoms with van der Waals surface area (Å²) in [7, 11) is 1.29. The molecule has 2 N–H and O–H groups in total. The number of hydrogen-bond donors (Lipinski definition) is 1. The van der Waals surface area contributed by atoms with Gasteiger partial charge >= 0.3 is 12.1 Å². The van der Waals surface area contributed by atoms with Crippen molar-refractivity contribution in [3.05, 3.63) is 11.3 Å². The number of nitrogen functional groups attached to an aromatic ring is 1. The molecule has 0 radical (unpaired) electrons. The minimum atomic E-state index is -0.630. The van der Waals surface area contributed by atoms with E-state index in [-0.39, 0.29) is 18.3 Å². The Morgan fingerprint density at radius 3 is 2.58 bits per heavy atom. The number of carbonyl (C=O) groups excluding carboxylic acids is 2. The van der Waals surface area contributed by atoms with Crippen molar-refractivity contribution < 1.29 is 23.8 Å². The second-order valence-corrected chi connectivity index (χ2v) is 7.58. The summed E-state index contributed by atoms with van der Waals surface area (Å²) in [6.07, 6.45) is 1.45. The molecule has 1 saturated heterocycles. The number of amides is 1. The lowest BCUT2D eigenvalue weighted by Crippen LogP contribution is -2.46. The van der Waals surface area contributed by atoms with E-state index in [1.165, 1.54) is 7.11 Å². The molecule has 1 aromatic rings. The minimum Gasteiger partial charge on any atom is -0.464 e. The van der Waals surface area contributed by atoms with Crippen LogP contribution in [0.1, 0.15) is 61.7 Å². The standard InChI is InChI=1S/C17H26N4O5/c1-17(2,3)26-16(23)20-7-8-25-9-11(20)12-13(15(22)24-4)19-21(14(12)18)10-5-6-10/h10-11H,5-9,18H2,1-4H3. The average Bonchev–Trinajstić information content (AvgIpc) is 3.36. The first-order valence-corrected chi connectivity index (χ1v) is 8.76. The SMILES string of the molecule is COC(=O)c1nn(C2CC2)c(N)c1C1COCCN1C(=O)OC(C)(C)C. The largest absolute Gasteiger partial charge is 0.464 e. The van der Waals surface area contributed by atoms with Crippen molar-refractivity contribution in [2.24, 2.45) is 0 Å². The summed E-state index contributed by atoms with van der Waals surface area (Å²) in [5.41, 5.74) is 6.28. The number of ether oxygens (including phenoxy) is 3. The molecule has 1 unspecified atom stereocenters. The van der Waals surface area contributed by atoms with Crippen molar-refractivity contribution in [1.82, 2.24) is 14.7 Å². The number of anilines is 1. The molecule has 1 aliphatic heterocycles. The van der Waals surface area contributed by atoms with Gasteiger partial charge in [-0.3, -0.25) is 4.90 Å². The Labute approximate surface area is 152 Å². The number of nitrogens with zero attached hydrogens (tertiary/aromatic N) is 3. The van der Waals surface area contributed by atoms with Crippen molar-refractivity contribution in [2.45, 2.75) is 51.3 Å². The Hall–Kier alpha value is -2.29. The molecule has 0 aromatic carbocycles. The van der Waals surface area contributed by atoms with E-state index in [1.807, 2.05) is 0 Å². The molecule has 0 spiro atoms. The molecule has 1 aromatic heterocycles. The molecule has 9 heteroatoms. The Morgan fingerprint density at radius 1 is 1.31 bits per heavy atom. The number of morpholine rings is 1. The van der Waals surface area contributed by atoms with Gasteiger partial charge in [0.2, 0.25) is 0 Å². The summed E-state index contributed by atoms with van der Waals surface area (Å²) in [6, 6.07) is -0.369. The van der Waals surface area contributed by atoms with E-state index in [0.29, 0.717) is 24.5 Å². The van der Waals surface area contributed by atoms with Gasteiger partial charge < -0.3 is 19.9 Å². The van der Waals surface area contributed by atoms with Gasteiger partial charge in [0.15, 0.2) is 5.69 Å². The summed E-state index contributed by atoms with van der Waals surface area (Å²) >= 11 is 0. The highest BCUT2D eigenvalue weighted by atomic mass is 16.6. The van der Waals surface area contributed by atoms with E-state index < -0.39 is 23.7 Å². The fraction of sp³-hybridized carbons (Fsp3) is 0.706. The number of rotatable bonds is 3. The van der Waals surface area contributed by atoms with Crippen LogP contribution >= 0.6 is 0 Å². The predicted octanol–water partition coefficient (Wildman–Crippen LogP) is 1.90. The molecule has 1 amide bonds. The first-order chi connectivity index (χ1) is 12.2. The van der Waals surface area contributed by atoms with Gasteiger partial charge in [-0.2, -0.15) is 5.10 Å². The van der Waals surface area contributed by atoms with E-state index in [4.69, 9.17) is 19.9 Å². The molecule has 3 rings (SSSR count). The maximum atomic E-state index is 12.7. The maximum Gasteiger partial charge on any atom is 0.410 e. The second kappa shape index (κ2) is 6.79. The van der Waals surface area contributed by atoms with E-state index >= 15 is 0 Å². The molecule has 2 heterocycles. The minimum absolute atomic E-state index is 0.126. The number of hydrogen-bond acceptors (Lipinski definition) is 7. The molecular weight excluding hydrogens is 340 g/mol. The van der Waals surface area contributed by atoms with Crippen molar-refractivity contribution in [2.75, 3.05) is 32.6 Å². The van der Waals surface area contributed by atoms with Gasteiger partial charge in [-0.1, -0.05) is 0 Å². The molecule has 2 fully saturated rings. The average molecular weight is 366 g/mol. The van der Waals surface area contributed by atoms with E-state index in [9.17, 15) is 9.59 Å². The summed E-state index contributed by atoms with van der Waals surface area (Å²) in [6.45, 7) is 6.36. The van der Waals surface area contributed by atoms with E-state index in [2.05, 4.69) is 5.10 Å². The highest BCUT2D eigenvalue weighted by molar-refractivity contribution is 5.91. The lowest BCUT2D eigenvalue weighted by Gasteiger charge is -2.36. The number of esters is 1. The van der Waals surface area contributed by atoms with Crippen LogP contribution < -0.4 is 5.73 Å². The number of nitrogens with two attached hydrogens (primary N) is 1. The zero-order chi connectivity index (χ0) is 19.1. The third kappa shape index (κ3) is 3.62. The fourth-order valence-electron chi connectivity index (χ4n) is 3.02. The monoisotopic (exact) mass is 366 g/mol. The molecular formula is C17H26N4O5. The maximum absolute atomic E-state index is 12.7. The summed E-state index contributed by atoms with van der Waals surface area (Å²) < 4.78 is 17.6. The van der Waals surface area contributed by atoms with Crippen LogP contribution in [0.2, 0.25) is 0 Å². The smallest absolute Gasteiger partial charge is 0.410 e. The van der Waals surface area contributed by atoms with Crippen LogP contribution in [0.25, 0.3) is 0 Å². The zero-order valence-corrected chi connectivity index (χ0v) is 15.7. The topological polar surface area (TPSA) is 109 Å². The molecule has 1 aliphatic carbocycles. The van der Waals surface area contributed by atoms with Crippen molar-refractivity contribution >= 4 is 17.9 Å². The third-order valence-electron chi connectivity index (χ3n) is 4.35. The summed E-state index contributed by atoms with van der Waals surface area (Å²) in [5.74, 6) is -0.210. The van der Waals surface area contributed by atoms with Gasteiger partial charge in [-0.25, -0.2) is 14.3 Å². The lowest BCUT2D eigenvalue weighted by atomic mass is 10.0. The van der Waals surface area contributed by atoms with Gasteiger partial charge in [-0.15, -0.1) is 0 Å².